The first-order valence-electron chi connectivity index (χ1n) is 6.73. The number of rotatable bonds is 3. The molecule has 0 fully saturated rings. The highest BCUT2D eigenvalue weighted by atomic mass is 16.5. The number of hydrogen-bond acceptors (Lipinski definition) is 5. The van der Waals surface area contributed by atoms with Crippen LogP contribution >= 0.6 is 0 Å². The van der Waals surface area contributed by atoms with E-state index in [1.54, 1.807) is 26.2 Å². The van der Waals surface area contributed by atoms with Crippen LogP contribution < -0.4 is 10.4 Å². The van der Waals surface area contributed by atoms with Gasteiger partial charge in [0.1, 0.15) is 0 Å². The number of amides is 1. The van der Waals surface area contributed by atoms with Gasteiger partial charge in [-0.05, 0) is 17.7 Å². The Morgan fingerprint density at radius 1 is 1.18 bits per heavy atom. The Kier molecular flexibility index (Phi) is 3.36. The van der Waals surface area contributed by atoms with Crippen molar-refractivity contribution in [1.82, 2.24) is 4.90 Å². The molecule has 1 amide bonds. The van der Waals surface area contributed by atoms with E-state index in [1.807, 2.05) is 0 Å². The third kappa shape index (κ3) is 2.13. The largest absolute Gasteiger partial charge is 0.490 e. The van der Waals surface area contributed by atoms with Crippen LogP contribution in [0.1, 0.15) is 5.56 Å². The normalized spacial score (nSPS) is 11.0. The van der Waals surface area contributed by atoms with Crippen LogP contribution in [0.3, 0.4) is 0 Å². The predicted molar refractivity (Wildman–Crippen MR) is 81.2 cm³/mol. The first kappa shape index (κ1) is 14.2. The van der Waals surface area contributed by atoms with Crippen LogP contribution in [0.4, 0.5) is 0 Å². The highest BCUT2D eigenvalue weighted by molar-refractivity contribution is 6.05. The summed E-state index contributed by atoms with van der Waals surface area (Å²) >= 11 is 0. The summed E-state index contributed by atoms with van der Waals surface area (Å²) in [5.74, 6) is 0.300. The van der Waals surface area contributed by atoms with Gasteiger partial charge in [-0.1, -0.05) is 0 Å². The number of methoxy groups -OCH3 is 1. The smallest absolute Gasteiger partial charge is 0.336 e. The van der Waals surface area contributed by atoms with Crippen LogP contribution in [0.5, 0.6) is 5.75 Å². The van der Waals surface area contributed by atoms with Gasteiger partial charge in [0, 0.05) is 30.9 Å². The van der Waals surface area contributed by atoms with Crippen LogP contribution in [-0.4, -0.2) is 32.0 Å². The average Bonchev–Trinajstić information content (AvgIpc) is 2.95. The molecule has 0 aliphatic heterocycles. The molecule has 0 saturated carbocycles. The van der Waals surface area contributed by atoms with E-state index < -0.39 is 5.63 Å². The van der Waals surface area contributed by atoms with Crippen LogP contribution in [0.2, 0.25) is 0 Å². The number of hydrogen-bond donors (Lipinski definition) is 0. The van der Waals surface area contributed by atoms with Gasteiger partial charge in [-0.25, -0.2) is 4.79 Å². The quantitative estimate of drug-likeness (QED) is 0.693. The zero-order valence-electron chi connectivity index (χ0n) is 12.5. The van der Waals surface area contributed by atoms with E-state index in [-0.39, 0.29) is 12.3 Å². The number of nitrogens with zero attached hydrogens (tertiary/aromatic N) is 1. The van der Waals surface area contributed by atoms with E-state index in [0.29, 0.717) is 22.3 Å². The SMILES string of the molecule is COc1c2occc2c(CC(=O)N(C)C)c2ccc(=O)oc12. The van der Waals surface area contributed by atoms with Crippen molar-refractivity contribution in [2.24, 2.45) is 0 Å². The van der Waals surface area contributed by atoms with Crippen molar-refractivity contribution < 1.29 is 18.4 Å². The molecule has 0 saturated heterocycles. The minimum Gasteiger partial charge on any atom is -0.490 e. The lowest BCUT2D eigenvalue weighted by atomic mass is 10.0. The number of fused-ring (bicyclic) bond motifs is 2. The van der Waals surface area contributed by atoms with E-state index >= 15 is 0 Å². The van der Waals surface area contributed by atoms with E-state index in [1.165, 1.54) is 24.3 Å². The molecule has 2 aromatic heterocycles. The van der Waals surface area contributed by atoms with Crippen molar-refractivity contribution >= 4 is 27.8 Å². The second-order valence-corrected chi connectivity index (χ2v) is 5.14. The van der Waals surface area contributed by atoms with E-state index in [0.717, 1.165) is 10.9 Å². The van der Waals surface area contributed by atoms with Crippen LogP contribution in [0.25, 0.3) is 21.9 Å². The number of carbonyl (C=O) groups excluding carboxylic acids is 1. The van der Waals surface area contributed by atoms with Gasteiger partial charge in [-0.2, -0.15) is 0 Å². The van der Waals surface area contributed by atoms with Gasteiger partial charge in [-0.15, -0.1) is 0 Å². The Balaban J connectivity index is 2.39. The lowest BCUT2D eigenvalue weighted by molar-refractivity contribution is -0.127. The molecule has 3 rings (SSSR count). The van der Waals surface area contributed by atoms with Gasteiger partial charge in [0.15, 0.2) is 11.2 Å². The van der Waals surface area contributed by atoms with Crippen LogP contribution in [0.15, 0.2) is 38.1 Å². The summed E-state index contributed by atoms with van der Waals surface area (Å²) in [7, 11) is 4.87. The summed E-state index contributed by atoms with van der Waals surface area (Å²) in [5.41, 5.74) is 1.02. The van der Waals surface area contributed by atoms with Crippen molar-refractivity contribution in [3.8, 4) is 5.75 Å². The van der Waals surface area contributed by atoms with E-state index in [9.17, 15) is 9.59 Å². The summed E-state index contributed by atoms with van der Waals surface area (Å²) in [6.07, 6.45) is 1.70. The van der Waals surface area contributed by atoms with Gasteiger partial charge in [0.2, 0.25) is 11.7 Å². The Bertz CT molecular complexity index is 919. The fourth-order valence-electron chi connectivity index (χ4n) is 2.48. The lowest BCUT2D eigenvalue weighted by Crippen LogP contribution is -2.23. The Morgan fingerprint density at radius 3 is 2.59 bits per heavy atom. The number of furan rings is 1. The van der Waals surface area contributed by atoms with E-state index in [4.69, 9.17) is 13.6 Å². The molecule has 0 spiro atoms. The molecule has 6 heteroatoms. The first-order valence-corrected chi connectivity index (χ1v) is 6.73. The van der Waals surface area contributed by atoms with Crippen molar-refractivity contribution in [2.75, 3.05) is 21.2 Å². The van der Waals surface area contributed by atoms with Crippen molar-refractivity contribution in [1.29, 1.82) is 0 Å². The molecule has 0 radical (unpaired) electrons. The number of likely N-dealkylation sites (N-methyl/N-ethyl adjacent to an activating group) is 1. The molecular weight excluding hydrogens is 286 g/mol. The summed E-state index contributed by atoms with van der Waals surface area (Å²) in [6, 6.07) is 4.76. The predicted octanol–water partition coefficient (Wildman–Crippen LogP) is 2.18. The first-order chi connectivity index (χ1) is 10.5. The summed E-state index contributed by atoms with van der Waals surface area (Å²) < 4.78 is 16.1. The summed E-state index contributed by atoms with van der Waals surface area (Å²) in [5, 5.41) is 1.44. The second-order valence-electron chi connectivity index (χ2n) is 5.14. The molecule has 1 aromatic carbocycles. The molecule has 2 heterocycles. The monoisotopic (exact) mass is 301 g/mol. The van der Waals surface area contributed by atoms with Crippen molar-refractivity contribution in [3.05, 3.63) is 40.4 Å². The number of benzene rings is 1. The lowest BCUT2D eigenvalue weighted by Gasteiger charge is -2.13. The zero-order chi connectivity index (χ0) is 15.9. The zero-order valence-corrected chi connectivity index (χ0v) is 12.5. The highest BCUT2D eigenvalue weighted by Gasteiger charge is 2.21. The molecule has 0 bridgehead atoms. The van der Waals surface area contributed by atoms with Crippen molar-refractivity contribution in [2.45, 2.75) is 6.42 Å². The van der Waals surface area contributed by atoms with Crippen molar-refractivity contribution in [3.63, 3.8) is 0 Å². The molecule has 0 atom stereocenters. The fourth-order valence-corrected chi connectivity index (χ4v) is 2.48. The average molecular weight is 301 g/mol. The second kappa shape index (κ2) is 5.22. The van der Waals surface area contributed by atoms with Crippen LogP contribution in [-0.2, 0) is 11.2 Å². The third-order valence-electron chi connectivity index (χ3n) is 3.59. The molecule has 0 aliphatic rings. The van der Waals surface area contributed by atoms with Gasteiger partial charge in [-0.3, -0.25) is 4.79 Å². The maximum Gasteiger partial charge on any atom is 0.336 e. The number of carbonyl (C=O) groups is 1. The summed E-state index contributed by atoms with van der Waals surface area (Å²) in [6.45, 7) is 0. The molecule has 22 heavy (non-hydrogen) atoms. The Labute approximate surface area is 125 Å². The van der Waals surface area contributed by atoms with Gasteiger partial charge in [0.05, 0.1) is 19.8 Å². The maximum absolute atomic E-state index is 12.1. The molecule has 0 unspecified atom stereocenters. The topological polar surface area (TPSA) is 72.9 Å². The molecule has 3 aromatic rings. The third-order valence-corrected chi connectivity index (χ3v) is 3.59. The minimum absolute atomic E-state index is 0.0554. The standard InChI is InChI=1S/C16H15NO5/c1-17(2)12(18)8-11-9-4-5-13(19)22-15(9)16(20-3)14-10(11)6-7-21-14/h4-7H,8H2,1-3H3. The molecule has 114 valence electrons. The fraction of sp³-hybridized carbons (Fsp3) is 0.250. The minimum atomic E-state index is -0.485. The van der Waals surface area contributed by atoms with Gasteiger partial charge in [0.25, 0.3) is 0 Å². The Morgan fingerprint density at radius 2 is 1.91 bits per heavy atom. The molecule has 0 N–H and O–H groups in total. The molecule has 0 aliphatic carbocycles. The molecule has 6 nitrogen and oxygen atoms in total. The summed E-state index contributed by atoms with van der Waals surface area (Å²) in [4.78, 5) is 25.2. The Hall–Kier alpha value is -2.76. The number of ether oxygens (including phenoxy) is 1. The molecular formula is C16H15NO5. The highest BCUT2D eigenvalue weighted by Crippen LogP contribution is 2.38. The maximum atomic E-state index is 12.1. The van der Waals surface area contributed by atoms with Gasteiger partial charge < -0.3 is 18.5 Å². The van der Waals surface area contributed by atoms with E-state index in [2.05, 4.69) is 0 Å². The van der Waals surface area contributed by atoms with Gasteiger partial charge >= 0.3 is 5.63 Å². The van der Waals surface area contributed by atoms with Crippen LogP contribution in [0, 0.1) is 0 Å².